The summed E-state index contributed by atoms with van der Waals surface area (Å²) >= 11 is 0. The molecule has 170 valence electrons. The summed E-state index contributed by atoms with van der Waals surface area (Å²) in [6, 6.07) is 27.1. The van der Waals surface area contributed by atoms with Crippen LogP contribution < -0.4 is 10.6 Å². The second-order valence-electron chi connectivity index (χ2n) is 7.85. The van der Waals surface area contributed by atoms with E-state index in [1.165, 1.54) is 0 Å². The highest BCUT2D eigenvalue weighted by atomic mass is 16.4. The van der Waals surface area contributed by atoms with Gasteiger partial charge < -0.3 is 15.1 Å². The van der Waals surface area contributed by atoms with Gasteiger partial charge in [0.05, 0.1) is 28.8 Å². The number of hydrogen-bond acceptors (Lipinski definition) is 7. The van der Waals surface area contributed by atoms with Crippen molar-refractivity contribution in [1.29, 1.82) is 0 Å². The van der Waals surface area contributed by atoms with Crippen LogP contribution in [0.3, 0.4) is 0 Å². The summed E-state index contributed by atoms with van der Waals surface area (Å²) in [5.74, 6) is -0.0562. The first-order valence-corrected chi connectivity index (χ1v) is 11.0. The molecule has 0 aliphatic carbocycles. The summed E-state index contributed by atoms with van der Waals surface area (Å²) in [5.41, 5.74) is 4.65. The molecule has 35 heavy (non-hydrogen) atoms. The Hall–Kier alpha value is -5.05. The lowest BCUT2D eigenvalue weighted by atomic mass is 10.0. The van der Waals surface area contributed by atoms with Gasteiger partial charge in [0, 0.05) is 17.3 Å². The number of anilines is 2. The van der Waals surface area contributed by atoms with E-state index < -0.39 is 6.17 Å². The molecule has 0 bridgehead atoms. The average Bonchev–Trinajstić information content (AvgIpc) is 3.55. The quantitative estimate of drug-likeness (QED) is 0.407. The summed E-state index contributed by atoms with van der Waals surface area (Å²) in [7, 11) is 0. The molecule has 0 saturated heterocycles. The highest BCUT2D eigenvalue weighted by molar-refractivity contribution is 6.19. The van der Waals surface area contributed by atoms with Gasteiger partial charge in [-0.2, -0.15) is 5.10 Å². The number of rotatable bonds is 5. The van der Waals surface area contributed by atoms with Crippen LogP contribution in [0.2, 0.25) is 0 Å². The SMILES string of the molecule is O=C1Nc2ccccc2C(c2ccccc2)=NC1Nc1nnc(-c2cnn(-c3ccccc3)c2)o1. The first-order chi connectivity index (χ1) is 17.2. The third kappa shape index (κ3) is 4.06. The molecule has 2 N–H and O–H groups in total. The van der Waals surface area contributed by atoms with Crippen LogP contribution in [0.4, 0.5) is 11.7 Å². The van der Waals surface area contributed by atoms with Gasteiger partial charge in [-0.15, -0.1) is 5.10 Å². The Kier molecular flexibility index (Phi) is 5.12. The minimum atomic E-state index is -0.974. The van der Waals surface area contributed by atoms with Crippen molar-refractivity contribution in [3.05, 3.63) is 108 Å². The predicted molar refractivity (Wildman–Crippen MR) is 131 cm³/mol. The molecule has 3 aromatic carbocycles. The van der Waals surface area contributed by atoms with Crippen molar-refractivity contribution in [1.82, 2.24) is 20.0 Å². The fourth-order valence-corrected chi connectivity index (χ4v) is 3.85. The first-order valence-electron chi connectivity index (χ1n) is 11.0. The molecule has 1 aliphatic rings. The molecular weight excluding hydrogens is 442 g/mol. The van der Waals surface area contributed by atoms with Crippen LogP contribution in [-0.2, 0) is 4.79 Å². The number of carbonyl (C=O) groups is 1. The molecule has 0 fully saturated rings. The highest BCUT2D eigenvalue weighted by Crippen LogP contribution is 2.26. The van der Waals surface area contributed by atoms with Crippen molar-refractivity contribution in [3.63, 3.8) is 0 Å². The molecule has 1 atom stereocenters. The van der Waals surface area contributed by atoms with E-state index in [2.05, 4.69) is 25.9 Å². The lowest BCUT2D eigenvalue weighted by molar-refractivity contribution is -0.116. The van der Waals surface area contributed by atoms with E-state index in [1.54, 1.807) is 17.1 Å². The molecule has 1 aliphatic heterocycles. The maximum Gasteiger partial charge on any atom is 0.317 e. The van der Waals surface area contributed by atoms with Crippen LogP contribution in [0.15, 0.2) is 107 Å². The van der Waals surface area contributed by atoms with E-state index >= 15 is 0 Å². The molecule has 0 saturated carbocycles. The van der Waals surface area contributed by atoms with Crippen molar-refractivity contribution >= 4 is 23.3 Å². The third-order valence-corrected chi connectivity index (χ3v) is 5.53. The van der Waals surface area contributed by atoms with Crippen LogP contribution in [0.5, 0.6) is 0 Å². The standard InChI is InChI=1S/C26H19N7O2/c34-24-23(29-22(17-9-3-1-4-10-17)20-13-7-8-14-21(20)28-24)30-26-32-31-25(35-26)18-15-27-33(16-18)19-11-5-2-6-12-19/h1-16,23H,(H,28,34)(H,30,32). The molecule has 9 nitrogen and oxygen atoms in total. The zero-order chi connectivity index (χ0) is 23.6. The second-order valence-corrected chi connectivity index (χ2v) is 7.85. The van der Waals surface area contributed by atoms with Gasteiger partial charge >= 0.3 is 6.01 Å². The number of aromatic nitrogens is 4. The largest absolute Gasteiger partial charge is 0.403 e. The topological polar surface area (TPSA) is 110 Å². The number of benzene rings is 3. The minimum absolute atomic E-state index is 0.0785. The number of aliphatic imine (C=N–C) groups is 1. The fourth-order valence-electron chi connectivity index (χ4n) is 3.85. The monoisotopic (exact) mass is 461 g/mol. The number of para-hydroxylation sites is 2. The van der Waals surface area contributed by atoms with E-state index in [1.807, 2.05) is 84.9 Å². The smallest absolute Gasteiger partial charge is 0.317 e. The Labute approximate surface area is 200 Å². The van der Waals surface area contributed by atoms with Gasteiger partial charge in [0.15, 0.2) is 0 Å². The molecule has 1 amide bonds. The Bertz CT molecular complexity index is 1520. The third-order valence-electron chi connectivity index (χ3n) is 5.53. The summed E-state index contributed by atoms with van der Waals surface area (Å²) in [5, 5.41) is 18.4. The zero-order valence-corrected chi connectivity index (χ0v) is 18.4. The van der Waals surface area contributed by atoms with Crippen LogP contribution in [0.25, 0.3) is 17.1 Å². The van der Waals surface area contributed by atoms with Gasteiger partial charge in [-0.05, 0) is 18.2 Å². The summed E-state index contributed by atoms with van der Waals surface area (Å²) in [4.78, 5) is 17.7. The van der Waals surface area contributed by atoms with Gasteiger partial charge in [0.25, 0.3) is 11.8 Å². The van der Waals surface area contributed by atoms with Gasteiger partial charge in [0.2, 0.25) is 6.17 Å². The number of fused-ring (bicyclic) bond motifs is 1. The fraction of sp³-hybridized carbons (Fsp3) is 0.0385. The second kappa shape index (κ2) is 8.71. The molecule has 9 heteroatoms. The number of carbonyl (C=O) groups excluding carboxylic acids is 1. The molecule has 1 unspecified atom stereocenters. The van der Waals surface area contributed by atoms with Crippen LogP contribution in [0, 0.1) is 0 Å². The number of hydrogen-bond donors (Lipinski definition) is 2. The van der Waals surface area contributed by atoms with Crippen molar-refractivity contribution in [3.8, 4) is 17.1 Å². The maximum atomic E-state index is 13.0. The van der Waals surface area contributed by atoms with Crippen LogP contribution >= 0.6 is 0 Å². The van der Waals surface area contributed by atoms with Crippen LogP contribution in [0.1, 0.15) is 11.1 Å². The molecule has 0 spiro atoms. The van der Waals surface area contributed by atoms with Crippen molar-refractivity contribution in [2.45, 2.75) is 6.17 Å². The van der Waals surface area contributed by atoms with E-state index in [4.69, 9.17) is 9.41 Å². The summed E-state index contributed by atoms with van der Waals surface area (Å²) in [6.07, 6.45) is 2.47. The Balaban J connectivity index is 1.30. The van der Waals surface area contributed by atoms with Crippen molar-refractivity contribution < 1.29 is 9.21 Å². The van der Waals surface area contributed by atoms with E-state index in [0.717, 1.165) is 16.8 Å². The predicted octanol–water partition coefficient (Wildman–Crippen LogP) is 4.15. The van der Waals surface area contributed by atoms with Gasteiger partial charge in [-0.3, -0.25) is 4.79 Å². The van der Waals surface area contributed by atoms with Crippen molar-refractivity contribution in [2.75, 3.05) is 10.6 Å². The number of nitrogens with zero attached hydrogens (tertiary/aromatic N) is 5. The number of nitrogens with one attached hydrogen (secondary N) is 2. The summed E-state index contributed by atoms with van der Waals surface area (Å²) in [6.45, 7) is 0. The molecule has 0 radical (unpaired) electrons. The van der Waals surface area contributed by atoms with Gasteiger partial charge in [0.1, 0.15) is 0 Å². The molecule has 2 aromatic heterocycles. The minimum Gasteiger partial charge on any atom is -0.403 e. The van der Waals surface area contributed by atoms with Crippen LogP contribution in [-0.4, -0.2) is 37.8 Å². The van der Waals surface area contributed by atoms with Crippen molar-refractivity contribution in [2.24, 2.45) is 4.99 Å². The number of benzodiazepines with no additional fused rings is 1. The summed E-state index contributed by atoms with van der Waals surface area (Å²) < 4.78 is 7.51. The Morgan fingerprint density at radius 1 is 0.857 bits per heavy atom. The average molecular weight is 461 g/mol. The van der Waals surface area contributed by atoms with E-state index in [-0.39, 0.29) is 17.8 Å². The Morgan fingerprint density at radius 3 is 2.43 bits per heavy atom. The zero-order valence-electron chi connectivity index (χ0n) is 18.4. The lowest BCUT2D eigenvalue weighted by Crippen LogP contribution is -2.32. The number of amides is 1. The molecular formula is C26H19N7O2. The Morgan fingerprint density at radius 2 is 1.60 bits per heavy atom. The van der Waals surface area contributed by atoms with E-state index in [0.29, 0.717) is 17.0 Å². The molecule has 5 aromatic rings. The normalized spacial score (nSPS) is 15.0. The first kappa shape index (κ1) is 20.5. The molecule has 3 heterocycles. The van der Waals surface area contributed by atoms with Gasteiger partial charge in [-0.25, -0.2) is 9.67 Å². The maximum absolute atomic E-state index is 13.0. The van der Waals surface area contributed by atoms with E-state index in [9.17, 15) is 4.79 Å². The molecule has 6 rings (SSSR count). The van der Waals surface area contributed by atoms with Gasteiger partial charge in [-0.1, -0.05) is 71.8 Å². The highest BCUT2D eigenvalue weighted by Gasteiger charge is 2.27. The lowest BCUT2D eigenvalue weighted by Gasteiger charge is -2.11.